The number of carbonyl (C=O) groups is 1. The minimum absolute atomic E-state index is 0.215. The van der Waals surface area contributed by atoms with E-state index in [-0.39, 0.29) is 30.4 Å². The Kier molecular flexibility index (Phi) is 4.98. The zero-order chi connectivity index (χ0) is 17.6. The van der Waals surface area contributed by atoms with E-state index in [2.05, 4.69) is 20.6 Å². The molecule has 0 spiro atoms. The third kappa shape index (κ3) is 3.63. The van der Waals surface area contributed by atoms with Gasteiger partial charge in [-0.2, -0.15) is 0 Å². The first-order valence-electron chi connectivity index (χ1n) is 7.89. The number of rotatable bonds is 6. The van der Waals surface area contributed by atoms with Gasteiger partial charge in [0.05, 0.1) is 18.5 Å². The highest BCUT2D eigenvalue weighted by molar-refractivity contribution is 5.96. The molecule has 2 aromatic heterocycles. The highest BCUT2D eigenvalue weighted by Gasteiger charge is 2.13. The van der Waals surface area contributed by atoms with E-state index < -0.39 is 0 Å². The van der Waals surface area contributed by atoms with Crippen molar-refractivity contribution in [3.63, 3.8) is 0 Å². The second-order valence-electron chi connectivity index (χ2n) is 5.18. The van der Waals surface area contributed by atoms with Crippen LogP contribution in [0, 0.1) is 0 Å². The predicted molar refractivity (Wildman–Crippen MR) is 91.5 cm³/mol. The number of amides is 1. The Hall–Kier alpha value is -3.29. The van der Waals surface area contributed by atoms with E-state index in [1.807, 2.05) is 6.92 Å². The first kappa shape index (κ1) is 16.6. The van der Waals surface area contributed by atoms with Gasteiger partial charge in [0.2, 0.25) is 5.88 Å². The lowest BCUT2D eigenvalue weighted by atomic mass is 10.2. The van der Waals surface area contributed by atoms with Crippen LogP contribution in [0.5, 0.6) is 5.88 Å². The molecule has 3 aromatic rings. The van der Waals surface area contributed by atoms with Crippen molar-refractivity contribution >= 4 is 16.8 Å². The van der Waals surface area contributed by atoms with Gasteiger partial charge in [-0.3, -0.25) is 9.59 Å². The van der Waals surface area contributed by atoms with E-state index in [4.69, 9.17) is 4.74 Å². The molecule has 3 rings (SSSR count). The fraction of sp³-hybridized carbons (Fsp3) is 0.235. The minimum Gasteiger partial charge on any atom is -0.477 e. The Morgan fingerprint density at radius 2 is 2.08 bits per heavy atom. The maximum Gasteiger partial charge on any atom is 0.277 e. The van der Waals surface area contributed by atoms with Crippen molar-refractivity contribution in [2.75, 3.05) is 13.2 Å². The van der Waals surface area contributed by atoms with Crippen molar-refractivity contribution < 1.29 is 9.53 Å². The van der Waals surface area contributed by atoms with Crippen LogP contribution >= 0.6 is 0 Å². The predicted octanol–water partition coefficient (Wildman–Crippen LogP) is 1.02. The molecular weight excluding hydrogens is 322 g/mol. The molecule has 0 fully saturated rings. The van der Waals surface area contributed by atoms with Crippen molar-refractivity contribution in [2.24, 2.45) is 0 Å². The number of fused-ring (bicyclic) bond motifs is 1. The SMILES string of the molecule is CCOc1ncccc1C(=O)NCCn1nnc2ccccc2c1=O. The monoisotopic (exact) mass is 339 g/mol. The summed E-state index contributed by atoms with van der Waals surface area (Å²) in [5.41, 5.74) is 0.655. The molecule has 8 nitrogen and oxygen atoms in total. The molecule has 25 heavy (non-hydrogen) atoms. The summed E-state index contributed by atoms with van der Waals surface area (Å²) >= 11 is 0. The Balaban J connectivity index is 1.68. The van der Waals surface area contributed by atoms with E-state index in [1.54, 1.807) is 42.6 Å². The van der Waals surface area contributed by atoms with E-state index in [0.29, 0.717) is 23.1 Å². The van der Waals surface area contributed by atoms with Gasteiger partial charge in [-0.25, -0.2) is 9.67 Å². The summed E-state index contributed by atoms with van der Waals surface area (Å²) in [6.07, 6.45) is 1.56. The van der Waals surface area contributed by atoms with Crippen LogP contribution in [0.3, 0.4) is 0 Å². The molecule has 0 bridgehead atoms. The number of nitrogens with zero attached hydrogens (tertiary/aromatic N) is 4. The fourth-order valence-corrected chi connectivity index (χ4v) is 2.36. The van der Waals surface area contributed by atoms with E-state index in [9.17, 15) is 9.59 Å². The number of aromatic nitrogens is 4. The lowest BCUT2D eigenvalue weighted by Crippen LogP contribution is -2.32. The van der Waals surface area contributed by atoms with Crippen LogP contribution in [-0.4, -0.2) is 39.0 Å². The molecule has 128 valence electrons. The van der Waals surface area contributed by atoms with Crippen molar-refractivity contribution in [1.82, 2.24) is 25.3 Å². The Morgan fingerprint density at radius 1 is 1.24 bits per heavy atom. The molecule has 0 unspecified atom stereocenters. The maximum atomic E-state index is 12.3. The summed E-state index contributed by atoms with van der Waals surface area (Å²) in [6, 6.07) is 10.3. The minimum atomic E-state index is -0.321. The topological polar surface area (TPSA) is 99.0 Å². The number of nitrogens with one attached hydrogen (secondary N) is 1. The highest BCUT2D eigenvalue weighted by Crippen LogP contribution is 2.13. The van der Waals surface area contributed by atoms with Crippen LogP contribution in [0.2, 0.25) is 0 Å². The average molecular weight is 339 g/mol. The lowest BCUT2D eigenvalue weighted by Gasteiger charge is -2.09. The van der Waals surface area contributed by atoms with Gasteiger partial charge in [0.15, 0.2) is 0 Å². The molecule has 0 aliphatic carbocycles. The molecule has 1 N–H and O–H groups in total. The quantitative estimate of drug-likeness (QED) is 0.720. The smallest absolute Gasteiger partial charge is 0.277 e. The molecule has 0 aliphatic heterocycles. The fourth-order valence-electron chi connectivity index (χ4n) is 2.36. The van der Waals surface area contributed by atoms with Crippen LogP contribution in [0.1, 0.15) is 17.3 Å². The van der Waals surface area contributed by atoms with Crippen LogP contribution in [0.4, 0.5) is 0 Å². The third-order valence-corrected chi connectivity index (χ3v) is 3.54. The molecule has 2 heterocycles. The van der Waals surface area contributed by atoms with Crippen molar-refractivity contribution in [1.29, 1.82) is 0 Å². The van der Waals surface area contributed by atoms with E-state index >= 15 is 0 Å². The molecule has 8 heteroatoms. The molecule has 0 saturated carbocycles. The Bertz CT molecular complexity index is 954. The summed E-state index contributed by atoms with van der Waals surface area (Å²) in [6.45, 7) is 2.68. The van der Waals surface area contributed by atoms with E-state index in [1.165, 1.54) is 4.68 Å². The van der Waals surface area contributed by atoms with Crippen LogP contribution < -0.4 is 15.6 Å². The molecule has 0 atom stereocenters. The number of ether oxygens (including phenoxy) is 1. The summed E-state index contributed by atoms with van der Waals surface area (Å²) in [4.78, 5) is 28.6. The molecule has 0 radical (unpaired) electrons. The normalized spacial score (nSPS) is 10.6. The Morgan fingerprint density at radius 3 is 2.92 bits per heavy atom. The number of hydrogen-bond donors (Lipinski definition) is 1. The average Bonchev–Trinajstić information content (AvgIpc) is 2.64. The summed E-state index contributed by atoms with van der Waals surface area (Å²) < 4.78 is 6.57. The standard InChI is InChI=1S/C17H17N5O3/c1-2-25-16-13(7-5-9-19-16)15(23)18-10-11-22-17(24)12-6-3-4-8-14(12)20-21-22/h3-9H,2,10-11H2,1H3,(H,18,23). The van der Waals surface area contributed by atoms with Crippen LogP contribution in [0.15, 0.2) is 47.4 Å². The first-order valence-corrected chi connectivity index (χ1v) is 7.89. The van der Waals surface area contributed by atoms with Crippen LogP contribution in [-0.2, 0) is 6.54 Å². The third-order valence-electron chi connectivity index (χ3n) is 3.54. The molecular formula is C17H17N5O3. The first-order chi connectivity index (χ1) is 12.2. The molecule has 1 amide bonds. The molecule has 1 aromatic carbocycles. The Labute approximate surface area is 143 Å². The van der Waals surface area contributed by atoms with Gasteiger partial charge in [0.25, 0.3) is 11.5 Å². The largest absolute Gasteiger partial charge is 0.477 e. The van der Waals surface area contributed by atoms with Crippen molar-refractivity contribution in [3.05, 3.63) is 58.5 Å². The van der Waals surface area contributed by atoms with Crippen molar-refractivity contribution in [2.45, 2.75) is 13.5 Å². The van der Waals surface area contributed by atoms with Gasteiger partial charge in [-0.15, -0.1) is 5.10 Å². The van der Waals surface area contributed by atoms with Gasteiger partial charge in [0.1, 0.15) is 11.1 Å². The molecule has 0 aliphatic rings. The highest BCUT2D eigenvalue weighted by atomic mass is 16.5. The summed E-state index contributed by atoms with van der Waals surface area (Å²) in [5.74, 6) is -0.0384. The van der Waals surface area contributed by atoms with Gasteiger partial charge < -0.3 is 10.1 Å². The van der Waals surface area contributed by atoms with Gasteiger partial charge in [-0.1, -0.05) is 17.3 Å². The number of carbonyl (C=O) groups excluding carboxylic acids is 1. The second-order valence-corrected chi connectivity index (χ2v) is 5.18. The zero-order valence-corrected chi connectivity index (χ0v) is 13.7. The van der Waals surface area contributed by atoms with Gasteiger partial charge >= 0.3 is 0 Å². The van der Waals surface area contributed by atoms with E-state index in [0.717, 1.165) is 0 Å². The number of benzene rings is 1. The zero-order valence-electron chi connectivity index (χ0n) is 13.7. The lowest BCUT2D eigenvalue weighted by molar-refractivity contribution is 0.0947. The van der Waals surface area contributed by atoms with Gasteiger partial charge in [0, 0.05) is 12.7 Å². The summed E-state index contributed by atoms with van der Waals surface area (Å²) in [5, 5.41) is 11.1. The van der Waals surface area contributed by atoms with Crippen molar-refractivity contribution in [3.8, 4) is 5.88 Å². The van der Waals surface area contributed by atoms with Crippen LogP contribution in [0.25, 0.3) is 10.9 Å². The maximum absolute atomic E-state index is 12.3. The summed E-state index contributed by atoms with van der Waals surface area (Å²) in [7, 11) is 0. The number of pyridine rings is 1. The van der Waals surface area contributed by atoms with Gasteiger partial charge in [-0.05, 0) is 31.2 Å². The molecule has 0 saturated heterocycles. The second kappa shape index (κ2) is 7.52. The number of hydrogen-bond acceptors (Lipinski definition) is 6.